The van der Waals surface area contributed by atoms with E-state index in [-0.39, 0.29) is 111 Å². The molecule has 111 heavy (non-hydrogen) atoms. The SMILES string of the molecule is CC(=O)Nc1ncnc(NC(C)=O)n1.CNC(=O)Nc1nc(C)nc(NC(=O)NC)n1.NC(=O)Nc1ncnc(NC(N)=O)n1.NCCNc1ncnc(NCCN)n1.NCNc1ncnc(NCN)n1.OC(O)Oc1ncnc(OC(O)O)n1.OCCOc1ncnc(OCCO)n1.OCOc1ncnc(OCO)n1. The molecule has 8 aromatic heterocycles. The number of aliphatic hydroxyl groups is 8. The average Bonchev–Trinajstić information content (AvgIpc) is 0.675. The fraction of sp³-hybridized carbons (Fsp3) is 0.388. The lowest BCUT2D eigenvalue weighted by molar-refractivity contribution is -0.188. The van der Waals surface area contributed by atoms with E-state index in [4.69, 9.17) is 84.7 Å². The van der Waals surface area contributed by atoms with Crippen LogP contribution in [0, 0.1) is 6.92 Å². The van der Waals surface area contributed by atoms with Crippen LogP contribution in [-0.4, -0.2) is 303 Å². The number of hydrogen-bond donors (Lipinski definition) is 26. The van der Waals surface area contributed by atoms with Gasteiger partial charge in [0.05, 0.1) is 26.6 Å². The standard InChI is InChI=1S/C8H13N7O2.C7H15N7.C7H9N5O2.C7H11N3O4.C5H7N7O2.C5H11N7.C5H7N3O6.C5H7N3O4/c1-4-11-5(14-7(16)9-2)13-6(12-4)15-8(17)10-3;8-1-3-10-6-12-5-13-7(14-6)11-4-2-9;1-4(13)10-6-8-3-9-7(12-6)11-5(2)14;11-1-3-13-6-8-5-9-7(10-6)14-4-2-12;6-2(13)10-4-8-1-9-5(12-4)11-3(7)14;6-1-8-4-10-3-11-5(12-4)9-2-7;9-4(10)13-2-6-1-7-3(8-2)14-5(11)12;9-2-11-4-6-1-7-5(8-4)12-3-10/h1-3H3,(H4,9,10,11,12,13,14,15,16,17);5H,1-4,8-9H2,(H2,10,11,12,13,14);3H,1-2H3,(H2,8,9,10,11,12,13,14);5,11-12H,1-4H2;1H,(H6,6,7,8,9,10,11,12,13,14);3H,1-2,6-7H2,(H2,8,9,10,11,12);1,4-5,9-12H;1,9-10H,2-3H2. The molecule has 8 aromatic rings. The van der Waals surface area contributed by atoms with Crippen LogP contribution in [0.1, 0.15) is 19.7 Å². The van der Waals surface area contributed by atoms with Gasteiger partial charge in [0.15, 0.2) is 13.6 Å². The first kappa shape index (κ1) is 94.6. The molecule has 0 saturated carbocycles. The van der Waals surface area contributed by atoms with Crippen molar-refractivity contribution >= 4 is 95.4 Å². The van der Waals surface area contributed by atoms with E-state index in [1.54, 1.807) is 6.92 Å². The van der Waals surface area contributed by atoms with Crippen molar-refractivity contribution < 1.29 is 98.0 Å². The molecule has 0 aromatic carbocycles. The van der Waals surface area contributed by atoms with Crippen LogP contribution < -0.4 is 127 Å². The van der Waals surface area contributed by atoms with Gasteiger partial charge in [-0.2, -0.15) is 64.8 Å². The second kappa shape index (κ2) is 57.9. The average molecular weight is 1580 g/mol. The Kier molecular flexibility index (Phi) is 49.3. The highest BCUT2D eigenvalue weighted by molar-refractivity contribution is 5.90. The van der Waals surface area contributed by atoms with Gasteiger partial charge in [0.2, 0.25) is 71.3 Å². The number of aromatic nitrogens is 24. The van der Waals surface area contributed by atoms with Gasteiger partial charge < -0.3 is 136 Å². The van der Waals surface area contributed by atoms with Crippen molar-refractivity contribution in [3.8, 4) is 36.1 Å². The Labute approximate surface area is 623 Å². The highest BCUT2D eigenvalue weighted by Crippen LogP contribution is 2.11. The molecule has 8 heterocycles. The molecular weight excluding hydrogens is 1500 g/mol. The summed E-state index contributed by atoms with van der Waals surface area (Å²) < 4.78 is 27.4. The maximum Gasteiger partial charge on any atom is 0.326 e. The van der Waals surface area contributed by atoms with Crippen LogP contribution in [-0.2, 0) is 9.59 Å². The zero-order chi connectivity index (χ0) is 82.6. The van der Waals surface area contributed by atoms with E-state index in [9.17, 15) is 28.8 Å². The Balaban J connectivity index is 0.000000635. The van der Waals surface area contributed by atoms with Gasteiger partial charge in [-0.3, -0.25) is 41.5 Å². The number of ether oxygens (including phenoxy) is 6. The topological polar surface area (TPSA) is 929 Å². The van der Waals surface area contributed by atoms with E-state index in [1.807, 2.05) is 0 Å². The number of aliphatic hydroxyl groups excluding tert-OH is 6. The molecule has 8 rings (SSSR count). The van der Waals surface area contributed by atoms with Crippen LogP contribution >= 0.6 is 0 Å². The minimum atomic E-state index is -2.08. The van der Waals surface area contributed by atoms with Crippen LogP contribution in [0.3, 0.4) is 0 Å². The molecular formula is C49H80N42O20. The van der Waals surface area contributed by atoms with Crippen LogP contribution in [0.2, 0.25) is 0 Å². The number of nitrogens with zero attached hydrogens (tertiary/aromatic N) is 24. The fourth-order valence-electron chi connectivity index (χ4n) is 5.55. The smallest absolute Gasteiger partial charge is 0.326 e. The van der Waals surface area contributed by atoms with Crippen molar-refractivity contribution in [3.05, 3.63) is 50.1 Å². The largest absolute Gasteiger partial charge is 0.461 e. The molecule has 0 aliphatic rings. The third-order valence-electron chi connectivity index (χ3n) is 9.40. The predicted molar refractivity (Wildman–Crippen MR) is 373 cm³/mol. The molecule has 62 heteroatoms. The Morgan fingerprint density at radius 2 is 0.649 bits per heavy atom. The molecule has 0 radical (unpaired) electrons. The van der Waals surface area contributed by atoms with Crippen molar-refractivity contribution in [2.24, 2.45) is 34.4 Å². The summed E-state index contributed by atoms with van der Waals surface area (Å²) in [6, 6.07) is -3.35. The summed E-state index contributed by atoms with van der Waals surface area (Å²) in [4.78, 5) is 153. The number of nitrogens with one attached hydrogen (secondary N) is 12. The molecule has 32 N–H and O–H groups in total. The van der Waals surface area contributed by atoms with Gasteiger partial charge in [0.1, 0.15) is 63.3 Å². The number of carbonyl (C=O) groups is 6. The third kappa shape index (κ3) is 48.4. The van der Waals surface area contributed by atoms with E-state index in [0.29, 0.717) is 55.8 Å². The van der Waals surface area contributed by atoms with E-state index < -0.39 is 62.7 Å². The summed E-state index contributed by atoms with van der Waals surface area (Å²) in [5, 5.41) is 96.9. The summed E-state index contributed by atoms with van der Waals surface area (Å²) in [6.07, 6.45) is 8.40. The number of hydrogen-bond acceptors (Lipinski definition) is 52. The van der Waals surface area contributed by atoms with E-state index in [1.165, 1.54) is 53.3 Å². The fourth-order valence-corrected chi connectivity index (χ4v) is 5.55. The number of amides is 10. The first-order chi connectivity index (χ1) is 53.2. The quantitative estimate of drug-likeness (QED) is 0.0186. The number of primary amides is 2. The van der Waals surface area contributed by atoms with Gasteiger partial charge in [-0.05, 0) is 6.92 Å². The van der Waals surface area contributed by atoms with Crippen molar-refractivity contribution in [2.45, 2.75) is 33.7 Å². The summed E-state index contributed by atoms with van der Waals surface area (Å²) in [5.41, 5.74) is 30.7. The molecule has 0 bridgehead atoms. The molecule has 0 saturated heterocycles. The van der Waals surface area contributed by atoms with Crippen LogP contribution in [0.15, 0.2) is 44.3 Å². The summed E-state index contributed by atoms with van der Waals surface area (Å²) in [7, 11) is 2.93. The van der Waals surface area contributed by atoms with Crippen molar-refractivity contribution in [1.82, 2.24) is 130 Å². The number of anilines is 10. The van der Waals surface area contributed by atoms with Gasteiger partial charge in [0.25, 0.3) is 0 Å². The minimum Gasteiger partial charge on any atom is -0.461 e. The predicted octanol–water partition coefficient (Wildman–Crippen LogP) is -10.2. The van der Waals surface area contributed by atoms with E-state index in [2.05, 4.69) is 202 Å². The number of carbonyl (C=O) groups excluding carboxylic acids is 6. The van der Waals surface area contributed by atoms with Crippen LogP contribution in [0.25, 0.3) is 0 Å². The molecule has 606 valence electrons. The van der Waals surface area contributed by atoms with Gasteiger partial charge in [-0.25, -0.2) is 59.0 Å². The Morgan fingerprint density at radius 3 is 0.937 bits per heavy atom. The molecule has 0 spiro atoms. The highest BCUT2D eigenvalue weighted by atomic mass is 16.8. The Morgan fingerprint density at radius 1 is 0.369 bits per heavy atom. The molecule has 0 unspecified atom stereocenters. The first-order valence-electron chi connectivity index (χ1n) is 30.2. The van der Waals surface area contributed by atoms with Crippen LogP contribution in [0.5, 0.6) is 36.1 Å². The molecule has 0 atom stereocenters. The van der Waals surface area contributed by atoms with Gasteiger partial charge >= 0.3 is 73.1 Å². The van der Waals surface area contributed by atoms with E-state index in [0.717, 1.165) is 19.0 Å². The first-order valence-corrected chi connectivity index (χ1v) is 30.2. The monoisotopic (exact) mass is 1580 g/mol. The van der Waals surface area contributed by atoms with Gasteiger partial charge in [0, 0.05) is 54.1 Å². The number of aryl methyl sites for hydroxylation is 1. The maximum absolute atomic E-state index is 11.1. The minimum absolute atomic E-state index is 0.0586. The molecule has 0 aliphatic heterocycles. The lowest BCUT2D eigenvalue weighted by Crippen LogP contribution is -2.28. The number of nitrogens with two attached hydrogens (primary N) is 6. The molecule has 10 amide bonds. The second-order valence-corrected chi connectivity index (χ2v) is 17.7. The van der Waals surface area contributed by atoms with E-state index >= 15 is 0 Å². The zero-order valence-electron chi connectivity index (χ0n) is 58.9. The van der Waals surface area contributed by atoms with Gasteiger partial charge in [-0.15, -0.1) is 15.0 Å². The Bertz CT molecular complexity index is 3580. The number of urea groups is 4. The molecule has 62 nitrogen and oxygen atoms in total. The Hall–Kier alpha value is -14.4. The summed E-state index contributed by atoms with van der Waals surface area (Å²) >= 11 is 0. The van der Waals surface area contributed by atoms with Crippen molar-refractivity contribution in [1.29, 1.82) is 0 Å². The van der Waals surface area contributed by atoms with Gasteiger partial charge in [-0.1, -0.05) is 0 Å². The zero-order valence-corrected chi connectivity index (χ0v) is 58.9. The lowest BCUT2D eigenvalue weighted by atomic mass is 10.6. The second-order valence-electron chi connectivity index (χ2n) is 17.7. The van der Waals surface area contributed by atoms with Crippen LogP contribution in [0.4, 0.5) is 78.7 Å². The third-order valence-corrected chi connectivity index (χ3v) is 9.40. The number of rotatable bonds is 30. The molecule has 0 fully saturated rings. The summed E-state index contributed by atoms with van der Waals surface area (Å²) in [6.45, 7) is 2.01. The van der Waals surface area contributed by atoms with Crippen molar-refractivity contribution in [2.75, 3.05) is 147 Å². The highest BCUT2D eigenvalue weighted by Gasteiger charge is 2.12. The maximum atomic E-state index is 11.1. The normalized spacial score (nSPS) is 9.65. The summed E-state index contributed by atoms with van der Waals surface area (Å²) in [5.74, 6) is 1.89. The van der Waals surface area contributed by atoms with Crippen molar-refractivity contribution in [3.63, 3.8) is 0 Å². The lowest BCUT2D eigenvalue weighted by Gasteiger charge is -2.07. The molecule has 0 aliphatic carbocycles.